The van der Waals surface area contributed by atoms with Gasteiger partial charge in [-0.2, -0.15) is 13.2 Å². The minimum Gasteiger partial charge on any atom is -0.469 e. The molecule has 80 valence electrons. The molecule has 1 heterocycles. The molecule has 0 N–H and O–H groups in total. The fourth-order valence-electron chi connectivity index (χ4n) is 0.605. The van der Waals surface area contributed by atoms with Gasteiger partial charge in [0.1, 0.15) is 5.01 Å². The number of ether oxygens (including phenoxy) is 1. The van der Waals surface area contributed by atoms with Crippen LogP contribution in [0, 0.1) is 0 Å². The van der Waals surface area contributed by atoms with E-state index in [-0.39, 0.29) is 11.1 Å². The number of hydrogen-bond acceptors (Lipinski definition) is 4. The molecule has 0 aromatic carbocycles. The van der Waals surface area contributed by atoms with Gasteiger partial charge in [0.2, 0.25) is 0 Å². The standard InChI is InChI=1S/C6H6ClF3N2OS/c7-3-4-11-12-5(14-4)13-2-1-6(8,9)10/h1-3H2. The smallest absolute Gasteiger partial charge is 0.392 e. The maximum absolute atomic E-state index is 11.7. The van der Waals surface area contributed by atoms with Crippen LogP contribution in [0.15, 0.2) is 0 Å². The minimum absolute atomic E-state index is 0.116. The van der Waals surface area contributed by atoms with Crippen LogP contribution in [0.5, 0.6) is 5.19 Å². The first-order chi connectivity index (χ1) is 6.51. The second-order valence-corrected chi connectivity index (χ2v) is 3.60. The second-order valence-electron chi connectivity index (χ2n) is 2.31. The molecular formula is C6H6ClF3N2OS. The average molecular weight is 247 g/mol. The maximum atomic E-state index is 11.7. The average Bonchev–Trinajstić information content (AvgIpc) is 2.50. The third-order valence-electron chi connectivity index (χ3n) is 1.17. The van der Waals surface area contributed by atoms with Crippen LogP contribution in [0.2, 0.25) is 0 Å². The van der Waals surface area contributed by atoms with Gasteiger partial charge in [0.25, 0.3) is 5.19 Å². The van der Waals surface area contributed by atoms with Crippen LogP contribution in [-0.2, 0) is 5.88 Å². The van der Waals surface area contributed by atoms with Crippen molar-refractivity contribution >= 4 is 22.9 Å². The van der Waals surface area contributed by atoms with Crippen LogP contribution in [0.1, 0.15) is 11.4 Å². The molecule has 0 fully saturated rings. The topological polar surface area (TPSA) is 35.0 Å². The van der Waals surface area contributed by atoms with Gasteiger partial charge in [-0.15, -0.1) is 21.8 Å². The lowest BCUT2D eigenvalue weighted by atomic mass is 10.4. The lowest BCUT2D eigenvalue weighted by Gasteiger charge is -2.04. The maximum Gasteiger partial charge on any atom is 0.392 e. The van der Waals surface area contributed by atoms with Crippen LogP contribution in [0.3, 0.4) is 0 Å². The first-order valence-corrected chi connectivity index (χ1v) is 4.94. The summed E-state index contributed by atoms with van der Waals surface area (Å²) in [6, 6.07) is 0. The summed E-state index contributed by atoms with van der Waals surface area (Å²) in [6.07, 6.45) is -5.21. The monoisotopic (exact) mass is 246 g/mol. The zero-order chi connectivity index (χ0) is 10.6. The van der Waals surface area contributed by atoms with Gasteiger partial charge in [0.15, 0.2) is 0 Å². The van der Waals surface area contributed by atoms with Crippen molar-refractivity contribution in [3.8, 4) is 5.19 Å². The summed E-state index contributed by atoms with van der Waals surface area (Å²) in [7, 11) is 0. The molecule has 1 rings (SSSR count). The Kier molecular flexibility index (Phi) is 3.94. The van der Waals surface area contributed by atoms with Crippen LogP contribution >= 0.6 is 22.9 Å². The van der Waals surface area contributed by atoms with Crippen molar-refractivity contribution in [2.24, 2.45) is 0 Å². The second kappa shape index (κ2) is 4.79. The Balaban J connectivity index is 2.31. The predicted octanol–water partition coefficient (Wildman–Crippen LogP) is 2.61. The van der Waals surface area contributed by atoms with E-state index < -0.39 is 19.2 Å². The van der Waals surface area contributed by atoms with Gasteiger partial charge in [-0.25, -0.2) is 0 Å². The Morgan fingerprint density at radius 2 is 2.07 bits per heavy atom. The normalized spacial score (nSPS) is 11.7. The Hall–Kier alpha value is -0.560. The van der Waals surface area contributed by atoms with Crippen molar-refractivity contribution in [1.29, 1.82) is 0 Å². The molecule has 0 atom stereocenters. The van der Waals surface area contributed by atoms with Gasteiger partial charge in [-0.1, -0.05) is 11.3 Å². The largest absolute Gasteiger partial charge is 0.469 e. The zero-order valence-electron chi connectivity index (χ0n) is 6.84. The summed E-state index contributed by atoms with van der Waals surface area (Å²) in [5.41, 5.74) is 0. The molecule has 0 saturated carbocycles. The predicted molar refractivity (Wildman–Crippen MR) is 45.6 cm³/mol. The number of hydrogen-bond donors (Lipinski definition) is 0. The van der Waals surface area contributed by atoms with E-state index in [1.807, 2.05) is 0 Å². The molecule has 0 spiro atoms. The molecule has 0 radical (unpaired) electrons. The van der Waals surface area contributed by atoms with E-state index in [9.17, 15) is 13.2 Å². The van der Waals surface area contributed by atoms with E-state index in [1.165, 1.54) is 0 Å². The number of aromatic nitrogens is 2. The molecule has 0 saturated heterocycles. The molecule has 0 amide bonds. The van der Waals surface area contributed by atoms with E-state index in [0.717, 1.165) is 11.3 Å². The summed E-state index contributed by atoms with van der Waals surface area (Å²) in [4.78, 5) is 0. The van der Waals surface area contributed by atoms with Crippen molar-refractivity contribution in [2.45, 2.75) is 18.5 Å². The molecule has 0 bridgehead atoms. The number of nitrogens with zero attached hydrogens (tertiary/aromatic N) is 2. The highest BCUT2D eigenvalue weighted by molar-refractivity contribution is 7.13. The van der Waals surface area contributed by atoms with Crippen LogP contribution in [0.25, 0.3) is 0 Å². The van der Waals surface area contributed by atoms with E-state index in [2.05, 4.69) is 10.2 Å². The first-order valence-electron chi connectivity index (χ1n) is 3.59. The number of rotatable bonds is 4. The summed E-state index contributed by atoms with van der Waals surface area (Å²) in [5, 5.41) is 7.72. The van der Waals surface area contributed by atoms with E-state index in [4.69, 9.17) is 16.3 Å². The molecule has 0 unspecified atom stereocenters. The third-order valence-corrected chi connectivity index (χ3v) is 2.42. The fraction of sp³-hybridized carbons (Fsp3) is 0.667. The molecule has 1 aromatic heterocycles. The van der Waals surface area contributed by atoms with Gasteiger partial charge in [-0.05, 0) is 0 Å². The van der Waals surface area contributed by atoms with E-state index >= 15 is 0 Å². The van der Waals surface area contributed by atoms with Crippen molar-refractivity contribution < 1.29 is 17.9 Å². The lowest BCUT2D eigenvalue weighted by Crippen LogP contribution is -2.12. The van der Waals surface area contributed by atoms with Crippen molar-refractivity contribution in [2.75, 3.05) is 6.61 Å². The molecule has 14 heavy (non-hydrogen) atoms. The Morgan fingerprint density at radius 1 is 1.36 bits per heavy atom. The van der Waals surface area contributed by atoms with Crippen molar-refractivity contribution in [3.05, 3.63) is 5.01 Å². The summed E-state index contributed by atoms with van der Waals surface area (Å²) >= 11 is 6.46. The summed E-state index contributed by atoms with van der Waals surface area (Å²) < 4.78 is 39.8. The third kappa shape index (κ3) is 4.10. The van der Waals surface area contributed by atoms with Gasteiger partial charge < -0.3 is 4.74 Å². The Morgan fingerprint density at radius 3 is 2.57 bits per heavy atom. The molecular weight excluding hydrogens is 241 g/mol. The van der Waals surface area contributed by atoms with Crippen molar-refractivity contribution in [3.63, 3.8) is 0 Å². The quantitative estimate of drug-likeness (QED) is 0.766. The highest BCUT2D eigenvalue weighted by atomic mass is 35.5. The highest BCUT2D eigenvalue weighted by Gasteiger charge is 2.27. The number of halogens is 4. The number of alkyl halides is 4. The van der Waals surface area contributed by atoms with Gasteiger partial charge in [0.05, 0.1) is 18.9 Å². The Bertz CT molecular complexity index is 291. The summed E-state index contributed by atoms with van der Waals surface area (Å²) in [6.45, 7) is -0.444. The van der Waals surface area contributed by atoms with E-state index in [0.29, 0.717) is 5.01 Å². The fourth-order valence-corrected chi connectivity index (χ4v) is 1.38. The summed E-state index contributed by atoms with van der Waals surface area (Å²) in [5.74, 6) is 0.181. The molecule has 0 aliphatic rings. The van der Waals surface area contributed by atoms with Crippen molar-refractivity contribution in [1.82, 2.24) is 10.2 Å². The van der Waals surface area contributed by atoms with Gasteiger partial charge in [-0.3, -0.25) is 0 Å². The van der Waals surface area contributed by atoms with Gasteiger partial charge >= 0.3 is 6.18 Å². The SMILES string of the molecule is FC(F)(F)CCOc1nnc(CCl)s1. The zero-order valence-corrected chi connectivity index (χ0v) is 8.42. The molecule has 0 aliphatic carbocycles. The van der Waals surface area contributed by atoms with Crippen LogP contribution in [0.4, 0.5) is 13.2 Å². The highest BCUT2D eigenvalue weighted by Crippen LogP contribution is 2.22. The van der Waals surface area contributed by atoms with Crippen LogP contribution < -0.4 is 4.74 Å². The van der Waals surface area contributed by atoms with Crippen LogP contribution in [-0.4, -0.2) is 23.0 Å². The Labute approximate surface area is 86.9 Å². The minimum atomic E-state index is -4.21. The van der Waals surface area contributed by atoms with Gasteiger partial charge in [0, 0.05) is 0 Å². The molecule has 1 aromatic rings. The first kappa shape index (κ1) is 11.5. The lowest BCUT2D eigenvalue weighted by molar-refractivity contribution is -0.139. The molecule has 8 heteroatoms. The molecule has 0 aliphatic heterocycles. The van der Waals surface area contributed by atoms with E-state index in [1.54, 1.807) is 0 Å². The molecule has 3 nitrogen and oxygen atoms in total.